The average Bonchev–Trinajstić information content (AvgIpc) is 2.35. The van der Waals surface area contributed by atoms with Gasteiger partial charge < -0.3 is 10.1 Å². The molecule has 21 heavy (non-hydrogen) atoms. The van der Waals surface area contributed by atoms with Crippen LogP contribution in [-0.4, -0.2) is 19.3 Å². The van der Waals surface area contributed by atoms with Crippen molar-refractivity contribution in [3.8, 4) is 5.75 Å². The first-order valence-corrected chi connectivity index (χ1v) is 6.97. The zero-order chi connectivity index (χ0) is 15.9. The van der Waals surface area contributed by atoms with Gasteiger partial charge in [-0.3, -0.25) is 0 Å². The fraction of sp³-hybridized carbons (Fsp3) is 0.600. The van der Waals surface area contributed by atoms with Crippen LogP contribution >= 0.6 is 0 Å². The lowest BCUT2D eigenvalue weighted by Crippen LogP contribution is -2.20. The summed E-state index contributed by atoms with van der Waals surface area (Å²) in [6, 6.07) is 4.50. The molecule has 1 rings (SSSR count). The Morgan fingerprint density at radius 3 is 2.57 bits per heavy atom. The van der Waals surface area contributed by atoms with E-state index in [9.17, 15) is 17.6 Å². The number of ether oxygens (including phenoxy) is 1. The molecule has 0 saturated heterocycles. The Labute approximate surface area is 122 Å². The third-order valence-corrected chi connectivity index (χ3v) is 2.77. The fourth-order valence-corrected chi connectivity index (χ4v) is 1.80. The van der Waals surface area contributed by atoms with Crippen molar-refractivity contribution in [3.05, 3.63) is 29.6 Å². The number of hydrogen-bond acceptors (Lipinski definition) is 2. The molecule has 0 aliphatic carbocycles. The molecule has 0 aliphatic rings. The van der Waals surface area contributed by atoms with E-state index in [4.69, 9.17) is 4.74 Å². The summed E-state index contributed by atoms with van der Waals surface area (Å²) in [4.78, 5) is 0. The number of nitrogens with one attached hydrogen (secondary N) is 1. The molecule has 0 fully saturated rings. The van der Waals surface area contributed by atoms with E-state index >= 15 is 0 Å². The molecule has 0 saturated carbocycles. The highest BCUT2D eigenvalue weighted by Crippen LogP contribution is 2.25. The largest absolute Gasteiger partial charge is 0.490 e. The molecule has 1 aromatic carbocycles. The minimum atomic E-state index is -4.21. The van der Waals surface area contributed by atoms with Crippen LogP contribution in [0.15, 0.2) is 18.2 Å². The van der Waals surface area contributed by atoms with Gasteiger partial charge in [0.1, 0.15) is 0 Å². The topological polar surface area (TPSA) is 21.3 Å². The van der Waals surface area contributed by atoms with Crippen molar-refractivity contribution in [1.29, 1.82) is 0 Å². The van der Waals surface area contributed by atoms with E-state index in [2.05, 4.69) is 5.32 Å². The van der Waals surface area contributed by atoms with Crippen LogP contribution in [0.1, 0.15) is 32.3 Å². The van der Waals surface area contributed by atoms with Crippen molar-refractivity contribution in [2.75, 3.05) is 13.2 Å². The molecule has 2 nitrogen and oxygen atoms in total. The summed E-state index contributed by atoms with van der Waals surface area (Å²) in [5.41, 5.74) is 0.614. The number of para-hydroxylation sites is 1. The second-order valence-corrected chi connectivity index (χ2v) is 5.32. The summed E-state index contributed by atoms with van der Waals surface area (Å²) in [5.74, 6) is -0.0588. The highest BCUT2D eigenvalue weighted by molar-refractivity contribution is 5.34. The molecule has 0 bridgehead atoms. The second kappa shape index (κ2) is 8.22. The van der Waals surface area contributed by atoms with E-state index in [0.717, 1.165) is 6.54 Å². The molecule has 0 amide bonds. The highest BCUT2D eigenvalue weighted by atomic mass is 19.4. The molecule has 6 heteroatoms. The number of hydrogen-bond donors (Lipinski definition) is 1. The zero-order valence-electron chi connectivity index (χ0n) is 12.3. The van der Waals surface area contributed by atoms with Crippen molar-refractivity contribution in [2.45, 2.75) is 39.4 Å². The summed E-state index contributed by atoms with van der Waals surface area (Å²) in [6.07, 6.45) is -5.32. The summed E-state index contributed by atoms with van der Waals surface area (Å²) >= 11 is 0. The van der Waals surface area contributed by atoms with Gasteiger partial charge in [0, 0.05) is 18.5 Å². The van der Waals surface area contributed by atoms with Gasteiger partial charge in [-0.25, -0.2) is 4.39 Å². The summed E-state index contributed by atoms with van der Waals surface area (Å²) < 4.78 is 55.1. The van der Waals surface area contributed by atoms with Crippen LogP contribution < -0.4 is 10.1 Å². The van der Waals surface area contributed by atoms with Gasteiger partial charge in [0.15, 0.2) is 11.6 Å². The molecule has 1 aromatic rings. The third-order valence-electron chi connectivity index (χ3n) is 2.77. The first-order chi connectivity index (χ1) is 9.79. The van der Waals surface area contributed by atoms with Crippen molar-refractivity contribution in [2.24, 2.45) is 5.92 Å². The summed E-state index contributed by atoms with van der Waals surface area (Å²) in [7, 11) is 0. The quantitative estimate of drug-likeness (QED) is 0.571. The van der Waals surface area contributed by atoms with E-state index in [-0.39, 0.29) is 18.8 Å². The standard InChI is InChI=1S/C15H21F4NO/c1-11(2)9-20-10-12-5-3-6-13(16)14(12)21-8-4-7-15(17,18)19/h3,5-6,11,20H,4,7-10H2,1-2H3. The van der Waals surface area contributed by atoms with Crippen molar-refractivity contribution >= 4 is 0 Å². The van der Waals surface area contributed by atoms with E-state index in [1.807, 2.05) is 13.8 Å². The van der Waals surface area contributed by atoms with Gasteiger partial charge in [0.05, 0.1) is 6.61 Å². The maximum absolute atomic E-state index is 13.7. The molecule has 0 aliphatic heterocycles. The first-order valence-electron chi connectivity index (χ1n) is 6.97. The van der Waals surface area contributed by atoms with Gasteiger partial charge in [0.2, 0.25) is 0 Å². The predicted octanol–water partition coefficient (Wildman–Crippen LogP) is 4.29. The summed E-state index contributed by atoms with van der Waals surface area (Å²) in [6.45, 7) is 5.13. The SMILES string of the molecule is CC(C)CNCc1cccc(F)c1OCCCC(F)(F)F. The van der Waals surface area contributed by atoms with Gasteiger partial charge >= 0.3 is 6.18 Å². The van der Waals surface area contributed by atoms with E-state index in [0.29, 0.717) is 18.0 Å². The van der Waals surface area contributed by atoms with Gasteiger partial charge in [-0.05, 0) is 24.9 Å². The van der Waals surface area contributed by atoms with Crippen LogP contribution in [0, 0.1) is 11.7 Å². The molecule has 0 unspecified atom stereocenters. The Balaban J connectivity index is 2.55. The number of alkyl halides is 3. The van der Waals surface area contributed by atoms with Crippen molar-refractivity contribution < 1.29 is 22.3 Å². The fourth-order valence-electron chi connectivity index (χ4n) is 1.80. The van der Waals surface area contributed by atoms with E-state index in [1.165, 1.54) is 6.07 Å². The number of benzene rings is 1. The van der Waals surface area contributed by atoms with Crippen LogP contribution in [0.25, 0.3) is 0 Å². The molecule has 120 valence electrons. The second-order valence-electron chi connectivity index (χ2n) is 5.32. The molecule has 0 spiro atoms. The lowest BCUT2D eigenvalue weighted by atomic mass is 10.1. The number of halogens is 4. The van der Waals surface area contributed by atoms with Gasteiger partial charge in [-0.2, -0.15) is 13.2 Å². The van der Waals surface area contributed by atoms with Gasteiger partial charge in [-0.1, -0.05) is 26.0 Å². The molecule has 1 N–H and O–H groups in total. The minimum Gasteiger partial charge on any atom is -0.490 e. The molecule has 0 radical (unpaired) electrons. The van der Waals surface area contributed by atoms with E-state index < -0.39 is 18.4 Å². The Hall–Kier alpha value is -1.30. The molecule has 0 heterocycles. The first kappa shape index (κ1) is 17.8. The van der Waals surface area contributed by atoms with Gasteiger partial charge in [0.25, 0.3) is 0 Å². The summed E-state index contributed by atoms with van der Waals surface area (Å²) in [5, 5.41) is 3.16. The lowest BCUT2D eigenvalue weighted by molar-refractivity contribution is -0.136. The van der Waals surface area contributed by atoms with Crippen LogP contribution in [-0.2, 0) is 6.54 Å². The molecular formula is C15H21F4NO. The van der Waals surface area contributed by atoms with Crippen LogP contribution in [0.4, 0.5) is 17.6 Å². The monoisotopic (exact) mass is 307 g/mol. The van der Waals surface area contributed by atoms with Gasteiger partial charge in [-0.15, -0.1) is 0 Å². The average molecular weight is 307 g/mol. The van der Waals surface area contributed by atoms with E-state index in [1.54, 1.807) is 12.1 Å². The third kappa shape index (κ3) is 7.32. The molecule has 0 aromatic heterocycles. The maximum Gasteiger partial charge on any atom is 0.389 e. The smallest absolute Gasteiger partial charge is 0.389 e. The Bertz CT molecular complexity index is 432. The number of rotatable bonds is 8. The Kier molecular flexibility index (Phi) is 6.95. The Morgan fingerprint density at radius 2 is 1.95 bits per heavy atom. The van der Waals surface area contributed by atoms with Crippen molar-refractivity contribution in [3.63, 3.8) is 0 Å². The van der Waals surface area contributed by atoms with Crippen LogP contribution in [0.2, 0.25) is 0 Å². The van der Waals surface area contributed by atoms with Crippen LogP contribution in [0.5, 0.6) is 5.75 Å². The maximum atomic E-state index is 13.7. The lowest BCUT2D eigenvalue weighted by Gasteiger charge is -2.14. The normalized spacial score (nSPS) is 12.0. The zero-order valence-corrected chi connectivity index (χ0v) is 12.3. The molecule has 0 atom stereocenters. The Morgan fingerprint density at radius 1 is 1.24 bits per heavy atom. The minimum absolute atomic E-state index is 0.0379. The molecular weight excluding hydrogens is 286 g/mol. The van der Waals surface area contributed by atoms with Crippen LogP contribution in [0.3, 0.4) is 0 Å². The predicted molar refractivity (Wildman–Crippen MR) is 73.7 cm³/mol. The highest BCUT2D eigenvalue weighted by Gasteiger charge is 2.26. The van der Waals surface area contributed by atoms with Crippen molar-refractivity contribution in [1.82, 2.24) is 5.32 Å².